The topological polar surface area (TPSA) is 92.4 Å². The van der Waals surface area contributed by atoms with E-state index in [9.17, 15) is 9.59 Å². The molecule has 0 aromatic carbocycles. The number of hydrogen-bond acceptors (Lipinski definition) is 4. The Hall–Kier alpha value is -1.85. The van der Waals surface area contributed by atoms with Crippen LogP contribution < -0.4 is 5.32 Å². The zero-order chi connectivity index (χ0) is 11.8. The van der Waals surface area contributed by atoms with Gasteiger partial charge >= 0.3 is 5.97 Å². The molecule has 2 rings (SSSR count). The predicted octanol–water partition coefficient (Wildman–Crippen LogP) is 0.720. The van der Waals surface area contributed by atoms with Gasteiger partial charge in [0.15, 0.2) is 0 Å². The molecular formula is C10H12N2O4. The number of aryl methyl sites for hydroxylation is 1. The van der Waals surface area contributed by atoms with Crippen LogP contribution in [0.5, 0.6) is 0 Å². The lowest BCUT2D eigenvalue weighted by Gasteiger charge is -2.37. The number of carbonyl (C=O) groups is 2. The van der Waals surface area contributed by atoms with Crippen LogP contribution in [0.15, 0.2) is 10.6 Å². The Balaban J connectivity index is 2.10. The van der Waals surface area contributed by atoms with Crippen LogP contribution in [0, 0.1) is 6.92 Å². The van der Waals surface area contributed by atoms with E-state index in [0.717, 1.165) is 6.42 Å². The molecule has 86 valence electrons. The summed E-state index contributed by atoms with van der Waals surface area (Å²) in [5.74, 6) is -1.48. The first-order valence-corrected chi connectivity index (χ1v) is 5.03. The molecule has 1 aromatic heterocycles. The molecule has 6 heteroatoms. The number of nitrogens with one attached hydrogen (secondary N) is 1. The van der Waals surface area contributed by atoms with Crippen LogP contribution in [0.3, 0.4) is 0 Å². The molecule has 1 amide bonds. The number of carboxylic acids is 1. The molecule has 0 unspecified atom stereocenters. The van der Waals surface area contributed by atoms with E-state index in [1.807, 2.05) is 0 Å². The van der Waals surface area contributed by atoms with Crippen molar-refractivity contribution >= 4 is 11.9 Å². The van der Waals surface area contributed by atoms with Gasteiger partial charge in [-0.05, 0) is 26.2 Å². The summed E-state index contributed by atoms with van der Waals surface area (Å²) in [4.78, 5) is 22.7. The minimum atomic E-state index is -1.11. The van der Waals surface area contributed by atoms with E-state index < -0.39 is 17.4 Å². The quantitative estimate of drug-likeness (QED) is 0.789. The number of rotatable bonds is 3. The highest BCUT2D eigenvalue weighted by atomic mass is 16.5. The van der Waals surface area contributed by atoms with Gasteiger partial charge in [-0.1, -0.05) is 5.16 Å². The molecule has 0 radical (unpaired) electrons. The average Bonchev–Trinajstić information content (AvgIpc) is 2.57. The van der Waals surface area contributed by atoms with Gasteiger partial charge in [0.1, 0.15) is 5.54 Å². The van der Waals surface area contributed by atoms with Gasteiger partial charge in [0, 0.05) is 6.07 Å². The zero-order valence-electron chi connectivity index (χ0n) is 8.82. The fourth-order valence-corrected chi connectivity index (χ4v) is 1.67. The number of carboxylic acid groups (broad SMARTS) is 1. The third kappa shape index (κ3) is 1.66. The second kappa shape index (κ2) is 3.62. The first kappa shape index (κ1) is 10.7. The summed E-state index contributed by atoms with van der Waals surface area (Å²) >= 11 is 0. The highest BCUT2D eigenvalue weighted by Gasteiger charge is 2.46. The molecule has 2 N–H and O–H groups in total. The van der Waals surface area contributed by atoms with Gasteiger partial charge in [-0.3, -0.25) is 4.79 Å². The Morgan fingerprint density at radius 2 is 2.25 bits per heavy atom. The van der Waals surface area contributed by atoms with E-state index in [1.165, 1.54) is 6.07 Å². The molecule has 1 aliphatic carbocycles. The number of amides is 1. The summed E-state index contributed by atoms with van der Waals surface area (Å²) in [5.41, 5.74) is -0.527. The lowest BCUT2D eigenvalue weighted by molar-refractivity contribution is -0.148. The predicted molar refractivity (Wildman–Crippen MR) is 52.9 cm³/mol. The average molecular weight is 224 g/mol. The van der Waals surface area contributed by atoms with Gasteiger partial charge in [0.2, 0.25) is 5.76 Å². The fourth-order valence-electron chi connectivity index (χ4n) is 1.67. The Kier molecular flexibility index (Phi) is 2.41. The largest absolute Gasteiger partial charge is 0.480 e. The fraction of sp³-hybridized carbons (Fsp3) is 0.500. The molecule has 0 atom stereocenters. The van der Waals surface area contributed by atoms with Crippen LogP contribution >= 0.6 is 0 Å². The Bertz CT molecular complexity index is 434. The smallest absolute Gasteiger partial charge is 0.329 e. The third-order valence-electron chi connectivity index (χ3n) is 2.82. The van der Waals surface area contributed by atoms with Gasteiger partial charge < -0.3 is 14.9 Å². The van der Waals surface area contributed by atoms with E-state index in [-0.39, 0.29) is 5.76 Å². The molecule has 16 heavy (non-hydrogen) atoms. The zero-order valence-corrected chi connectivity index (χ0v) is 8.82. The van der Waals surface area contributed by atoms with Gasteiger partial charge in [-0.2, -0.15) is 0 Å². The van der Waals surface area contributed by atoms with Crippen molar-refractivity contribution in [1.82, 2.24) is 10.5 Å². The van der Waals surface area contributed by atoms with Gasteiger partial charge in [-0.15, -0.1) is 0 Å². The second-order valence-electron chi connectivity index (χ2n) is 4.03. The number of hydrogen-bond donors (Lipinski definition) is 2. The molecule has 1 aliphatic rings. The molecule has 0 aliphatic heterocycles. The monoisotopic (exact) mass is 224 g/mol. The van der Waals surface area contributed by atoms with Crippen LogP contribution in [-0.2, 0) is 4.79 Å². The number of carbonyl (C=O) groups excluding carboxylic acids is 1. The first-order chi connectivity index (χ1) is 7.53. The van der Waals surface area contributed by atoms with Gasteiger partial charge in [0.05, 0.1) is 5.69 Å². The Morgan fingerprint density at radius 3 is 2.62 bits per heavy atom. The summed E-state index contributed by atoms with van der Waals surface area (Å²) < 4.78 is 4.77. The van der Waals surface area contributed by atoms with Crippen LogP contribution in [0.1, 0.15) is 35.5 Å². The Labute approximate surface area is 91.6 Å². The highest BCUT2D eigenvalue weighted by Crippen LogP contribution is 2.32. The van der Waals surface area contributed by atoms with Crippen molar-refractivity contribution in [3.63, 3.8) is 0 Å². The highest BCUT2D eigenvalue weighted by molar-refractivity contribution is 5.96. The lowest BCUT2D eigenvalue weighted by Crippen LogP contribution is -2.59. The SMILES string of the molecule is Cc1cc(C(=O)NC2(C(=O)O)CCC2)on1. The molecule has 0 spiro atoms. The maximum atomic E-state index is 11.7. The number of nitrogens with zero attached hydrogens (tertiary/aromatic N) is 1. The van der Waals surface area contributed by atoms with E-state index in [0.29, 0.717) is 18.5 Å². The lowest BCUT2D eigenvalue weighted by atomic mass is 9.76. The van der Waals surface area contributed by atoms with E-state index in [2.05, 4.69) is 10.5 Å². The van der Waals surface area contributed by atoms with Crippen LogP contribution in [0.25, 0.3) is 0 Å². The van der Waals surface area contributed by atoms with Crippen molar-refractivity contribution in [3.8, 4) is 0 Å². The van der Waals surface area contributed by atoms with Crippen molar-refractivity contribution < 1.29 is 19.2 Å². The number of aromatic nitrogens is 1. The maximum absolute atomic E-state index is 11.7. The minimum absolute atomic E-state index is 0.0463. The van der Waals surface area contributed by atoms with Crippen molar-refractivity contribution in [1.29, 1.82) is 0 Å². The molecule has 0 saturated heterocycles. The summed E-state index contributed by atoms with van der Waals surface area (Å²) in [7, 11) is 0. The molecule has 1 aromatic rings. The van der Waals surface area contributed by atoms with Gasteiger partial charge in [0.25, 0.3) is 5.91 Å². The Morgan fingerprint density at radius 1 is 1.56 bits per heavy atom. The van der Waals surface area contributed by atoms with Crippen LogP contribution in [-0.4, -0.2) is 27.7 Å². The molecule has 6 nitrogen and oxygen atoms in total. The molecule has 0 bridgehead atoms. The van der Waals surface area contributed by atoms with Crippen molar-refractivity contribution in [2.45, 2.75) is 31.7 Å². The van der Waals surface area contributed by atoms with Crippen molar-refractivity contribution in [2.24, 2.45) is 0 Å². The van der Waals surface area contributed by atoms with Crippen LogP contribution in [0.4, 0.5) is 0 Å². The maximum Gasteiger partial charge on any atom is 0.329 e. The third-order valence-corrected chi connectivity index (χ3v) is 2.82. The summed E-state index contributed by atoms with van der Waals surface area (Å²) in [6.45, 7) is 1.69. The molecular weight excluding hydrogens is 212 g/mol. The second-order valence-corrected chi connectivity index (χ2v) is 4.03. The standard InChI is InChI=1S/C10H12N2O4/c1-6-5-7(16-12-6)8(13)11-10(9(14)15)3-2-4-10/h5H,2-4H2,1H3,(H,11,13)(H,14,15). The summed E-state index contributed by atoms with van der Waals surface area (Å²) in [5, 5.41) is 15.1. The first-order valence-electron chi connectivity index (χ1n) is 5.03. The summed E-state index contributed by atoms with van der Waals surface area (Å²) in [6.07, 6.45) is 1.73. The molecule has 1 fully saturated rings. The van der Waals surface area contributed by atoms with Crippen molar-refractivity contribution in [3.05, 3.63) is 17.5 Å². The van der Waals surface area contributed by atoms with E-state index >= 15 is 0 Å². The van der Waals surface area contributed by atoms with Gasteiger partial charge in [-0.25, -0.2) is 4.79 Å². The number of aliphatic carboxylic acids is 1. The van der Waals surface area contributed by atoms with Crippen LogP contribution in [0.2, 0.25) is 0 Å². The van der Waals surface area contributed by atoms with E-state index in [1.54, 1.807) is 6.92 Å². The summed E-state index contributed by atoms with van der Waals surface area (Å²) in [6, 6.07) is 1.48. The van der Waals surface area contributed by atoms with E-state index in [4.69, 9.17) is 9.63 Å². The van der Waals surface area contributed by atoms with Crippen molar-refractivity contribution in [2.75, 3.05) is 0 Å². The molecule has 1 saturated carbocycles. The normalized spacial score (nSPS) is 17.6. The minimum Gasteiger partial charge on any atom is -0.480 e. The molecule has 1 heterocycles.